The third-order valence-electron chi connectivity index (χ3n) is 3.01. The molecule has 1 aromatic carbocycles. The number of rotatable bonds is 5. The number of para-hydroxylation sites is 1. The molecule has 0 aliphatic carbocycles. The molecule has 0 fully saturated rings. The molecule has 0 bridgehead atoms. The number of methoxy groups -OCH3 is 1. The molecular formula is C15H19N3O2. The van der Waals surface area contributed by atoms with Gasteiger partial charge in [-0.2, -0.15) is 0 Å². The standard InChI is InChI=1S/C15H19N3O2/c1-10(9-20-3)17-15(19)14-8-13(16-2)11-6-4-5-7-12(11)18-14/h4-8,10H,9H2,1-3H3,(H,16,18)(H,17,19). The van der Waals surface area contributed by atoms with E-state index in [9.17, 15) is 4.79 Å². The smallest absolute Gasteiger partial charge is 0.270 e. The molecule has 0 saturated carbocycles. The largest absolute Gasteiger partial charge is 0.388 e. The van der Waals surface area contributed by atoms with E-state index in [0.717, 1.165) is 16.6 Å². The topological polar surface area (TPSA) is 63.2 Å². The fourth-order valence-electron chi connectivity index (χ4n) is 2.09. The highest BCUT2D eigenvalue weighted by molar-refractivity contribution is 5.99. The van der Waals surface area contributed by atoms with Crippen molar-refractivity contribution in [1.29, 1.82) is 0 Å². The summed E-state index contributed by atoms with van der Waals surface area (Å²) in [5, 5.41) is 6.95. The minimum Gasteiger partial charge on any atom is -0.388 e. The van der Waals surface area contributed by atoms with E-state index in [0.29, 0.717) is 12.3 Å². The van der Waals surface area contributed by atoms with Gasteiger partial charge in [-0.15, -0.1) is 0 Å². The first kappa shape index (κ1) is 14.3. The number of hydrogen-bond donors (Lipinski definition) is 2. The third kappa shape index (κ3) is 3.05. The molecule has 2 rings (SSSR count). The second kappa shape index (κ2) is 6.34. The lowest BCUT2D eigenvalue weighted by molar-refractivity contribution is 0.0901. The Hall–Kier alpha value is -2.14. The van der Waals surface area contributed by atoms with Gasteiger partial charge in [-0.05, 0) is 19.1 Å². The third-order valence-corrected chi connectivity index (χ3v) is 3.01. The zero-order valence-electron chi connectivity index (χ0n) is 11.9. The number of hydrogen-bond acceptors (Lipinski definition) is 4. The summed E-state index contributed by atoms with van der Waals surface area (Å²) in [4.78, 5) is 16.6. The number of carbonyl (C=O) groups excluding carboxylic acids is 1. The van der Waals surface area contributed by atoms with Crippen LogP contribution in [-0.2, 0) is 4.74 Å². The van der Waals surface area contributed by atoms with Crippen LogP contribution in [0.1, 0.15) is 17.4 Å². The Morgan fingerprint density at radius 3 is 2.85 bits per heavy atom. The van der Waals surface area contributed by atoms with Crippen molar-refractivity contribution in [2.75, 3.05) is 26.1 Å². The first-order chi connectivity index (χ1) is 9.65. The Morgan fingerprint density at radius 2 is 2.15 bits per heavy atom. The van der Waals surface area contributed by atoms with Crippen molar-refractivity contribution < 1.29 is 9.53 Å². The van der Waals surface area contributed by atoms with E-state index in [1.54, 1.807) is 13.2 Å². The summed E-state index contributed by atoms with van der Waals surface area (Å²) in [5.41, 5.74) is 2.08. The van der Waals surface area contributed by atoms with Crippen LogP contribution in [0, 0.1) is 0 Å². The maximum absolute atomic E-state index is 12.2. The Morgan fingerprint density at radius 1 is 1.40 bits per heavy atom. The lowest BCUT2D eigenvalue weighted by Gasteiger charge is -2.13. The zero-order valence-corrected chi connectivity index (χ0v) is 11.9. The summed E-state index contributed by atoms with van der Waals surface area (Å²) in [6.07, 6.45) is 0. The summed E-state index contributed by atoms with van der Waals surface area (Å²) in [6.45, 7) is 2.36. The number of nitrogens with zero attached hydrogens (tertiary/aromatic N) is 1. The van der Waals surface area contributed by atoms with Crippen LogP contribution in [0.15, 0.2) is 30.3 Å². The maximum atomic E-state index is 12.2. The van der Waals surface area contributed by atoms with Gasteiger partial charge in [-0.25, -0.2) is 4.98 Å². The Bertz CT molecular complexity index is 613. The second-order valence-corrected chi connectivity index (χ2v) is 4.65. The van der Waals surface area contributed by atoms with Crippen molar-refractivity contribution in [2.24, 2.45) is 0 Å². The molecule has 1 aromatic heterocycles. The van der Waals surface area contributed by atoms with Gasteiger partial charge in [0.15, 0.2) is 0 Å². The van der Waals surface area contributed by atoms with E-state index < -0.39 is 0 Å². The van der Waals surface area contributed by atoms with Crippen LogP contribution in [0.5, 0.6) is 0 Å². The van der Waals surface area contributed by atoms with E-state index in [-0.39, 0.29) is 11.9 Å². The van der Waals surface area contributed by atoms with Crippen LogP contribution in [-0.4, -0.2) is 37.7 Å². The average molecular weight is 273 g/mol. The van der Waals surface area contributed by atoms with Gasteiger partial charge in [-0.1, -0.05) is 18.2 Å². The Labute approximate surface area is 118 Å². The van der Waals surface area contributed by atoms with Crippen molar-refractivity contribution in [3.05, 3.63) is 36.0 Å². The summed E-state index contributed by atoms with van der Waals surface area (Å²) in [6, 6.07) is 9.43. The molecule has 106 valence electrons. The normalized spacial score (nSPS) is 12.2. The summed E-state index contributed by atoms with van der Waals surface area (Å²) in [5.74, 6) is -0.197. The van der Waals surface area contributed by atoms with Gasteiger partial charge in [0, 0.05) is 31.3 Å². The summed E-state index contributed by atoms with van der Waals surface area (Å²) in [7, 11) is 3.44. The van der Waals surface area contributed by atoms with Crippen molar-refractivity contribution >= 4 is 22.5 Å². The number of pyridine rings is 1. The summed E-state index contributed by atoms with van der Waals surface area (Å²) >= 11 is 0. The molecule has 1 atom stereocenters. The van der Waals surface area contributed by atoms with Gasteiger partial charge in [-0.3, -0.25) is 4.79 Å². The van der Waals surface area contributed by atoms with E-state index in [2.05, 4.69) is 15.6 Å². The number of nitrogens with one attached hydrogen (secondary N) is 2. The fourth-order valence-corrected chi connectivity index (χ4v) is 2.09. The van der Waals surface area contributed by atoms with Gasteiger partial charge in [0.1, 0.15) is 5.69 Å². The van der Waals surface area contributed by atoms with Crippen LogP contribution in [0.4, 0.5) is 5.69 Å². The number of fused-ring (bicyclic) bond motifs is 1. The van der Waals surface area contributed by atoms with Gasteiger partial charge in [0.2, 0.25) is 0 Å². The van der Waals surface area contributed by atoms with Crippen LogP contribution in [0.25, 0.3) is 10.9 Å². The van der Waals surface area contributed by atoms with E-state index in [4.69, 9.17) is 4.74 Å². The number of anilines is 1. The highest BCUT2D eigenvalue weighted by atomic mass is 16.5. The van der Waals surface area contributed by atoms with Crippen molar-refractivity contribution in [2.45, 2.75) is 13.0 Å². The number of amides is 1. The predicted molar refractivity (Wildman–Crippen MR) is 80.1 cm³/mol. The first-order valence-corrected chi connectivity index (χ1v) is 6.53. The number of ether oxygens (including phenoxy) is 1. The van der Waals surface area contributed by atoms with Gasteiger partial charge in [0.25, 0.3) is 5.91 Å². The lowest BCUT2D eigenvalue weighted by Crippen LogP contribution is -2.36. The molecule has 5 nitrogen and oxygen atoms in total. The van der Waals surface area contributed by atoms with Crippen molar-refractivity contribution in [1.82, 2.24) is 10.3 Å². The average Bonchev–Trinajstić information content (AvgIpc) is 2.46. The van der Waals surface area contributed by atoms with Crippen LogP contribution >= 0.6 is 0 Å². The molecular weight excluding hydrogens is 254 g/mol. The van der Waals surface area contributed by atoms with E-state index >= 15 is 0 Å². The van der Waals surface area contributed by atoms with Crippen molar-refractivity contribution in [3.63, 3.8) is 0 Å². The molecule has 0 radical (unpaired) electrons. The van der Waals surface area contributed by atoms with Crippen LogP contribution in [0.2, 0.25) is 0 Å². The SMILES string of the molecule is CNc1cc(C(=O)NC(C)COC)nc2ccccc12. The van der Waals surface area contributed by atoms with E-state index in [1.165, 1.54) is 0 Å². The fraction of sp³-hybridized carbons (Fsp3) is 0.333. The minimum atomic E-state index is -0.197. The van der Waals surface area contributed by atoms with Gasteiger partial charge < -0.3 is 15.4 Å². The van der Waals surface area contributed by atoms with Crippen LogP contribution < -0.4 is 10.6 Å². The van der Waals surface area contributed by atoms with Crippen LogP contribution in [0.3, 0.4) is 0 Å². The monoisotopic (exact) mass is 273 g/mol. The summed E-state index contributed by atoms with van der Waals surface area (Å²) < 4.78 is 5.01. The molecule has 1 amide bonds. The lowest BCUT2D eigenvalue weighted by atomic mass is 10.1. The zero-order chi connectivity index (χ0) is 14.5. The number of benzene rings is 1. The predicted octanol–water partition coefficient (Wildman–Crippen LogP) is 2.04. The molecule has 2 N–H and O–H groups in total. The minimum absolute atomic E-state index is 0.0567. The Kier molecular flexibility index (Phi) is 4.53. The highest BCUT2D eigenvalue weighted by Crippen LogP contribution is 2.22. The van der Waals surface area contributed by atoms with Gasteiger partial charge >= 0.3 is 0 Å². The molecule has 5 heteroatoms. The molecule has 0 spiro atoms. The molecule has 0 aliphatic rings. The van der Waals surface area contributed by atoms with Gasteiger partial charge in [0.05, 0.1) is 12.1 Å². The molecule has 0 aliphatic heterocycles. The molecule has 20 heavy (non-hydrogen) atoms. The van der Waals surface area contributed by atoms with E-state index in [1.807, 2.05) is 38.2 Å². The Balaban J connectivity index is 2.32. The molecule has 1 heterocycles. The maximum Gasteiger partial charge on any atom is 0.270 e. The number of carbonyl (C=O) groups is 1. The van der Waals surface area contributed by atoms with Crippen molar-refractivity contribution in [3.8, 4) is 0 Å². The molecule has 1 unspecified atom stereocenters. The first-order valence-electron chi connectivity index (χ1n) is 6.53. The number of aromatic nitrogens is 1. The highest BCUT2D eigenvalue weighted by Gasteiger charge is 2.13. The molecule has 0 saturated heterocycles. The molecule has 2 aromatic rings. The quantitative estimate of drug-likeness (QED) is 0.875. The second-order valence-electron chi connectivity index (χ2n) is 4.65.